The summed E-state index contributed by atoms with van der Waals surface area (Å²) >= 11 is 0. The van der Waals surface area contributed by atoms with Gasteiger partial charge in [0.2, 0.25) is 5.91 Å². The van der Waals surface area contributed by atoms with E-state index in [2.05, 4.69) is 16.1 Å². The maximum Gasteiger partial charge on any atom is 0.303 e. The van der Waals surface area contributed by atoms with Crippen molar-refractivity contribution in [2.45, 2.75) is 84.0 Å². The van der Waals surface area contributed by atoms with Gasteiger partial charge in [-0.15, -0.1) is 0 Å². The molecule has 2 aromatic rings. The number of carbonyl (C=O) groups is 4. The van der Waals surface area contributed by atoms with Gasteiger partial charge in [0.1, 0.15) is 12.1 Å². The molecule has 10 nitrogen and oxygen atoms in total. The summed E-state index contributed by atoms with van der Waals surface area (Å²) in [5, 5.41) is 8.12. The minimum Gasteiger partial charge on any atom is -0.452 e. The minimum atomic E-state index is -0.894. The van der Waals surface area contributed by atoms with Crippen molar-refractivity contribution >= 4 is 40.7 Å². The van der Waals surface area contributed by atoms with Gasteiger partial charge in [-0.2, -0.15) is 0 Å². The molecule has 4 atom stereocenters. The van der Waals surface area contributed by atoms with Gasteiger partial charge in [-0.3, -0.25) is 29.2 Å². The third-order valence-corrected chi connectivity index (χ3v) is 7.53. The molecular weight excluding hydrogens is 510 g/mol. The zero-order valence-electron chi connectivity index (χ0n) is 23.6. The van der Waals surface area contributed by atoms with Gasteiger partial charge in [0.05, 0.1) is 17.3 Å². The number of hydrazine groups is 1. The molecule has 1 saturated carbocycles. The van der Waals surface area contributed by atoms with Crippen molar-refractivity contribution in [3.05, 3.63) is 47.7 Å². The summed E-state index contributed by atoms with van der Waals surface area (Å²) in [6.07, 6.45) is 6.89. The Bertz CT molecular complexity index is 1290. The second-order valence-electron chi connectivity index (χ2n) is 10.7. The molecule has 0 spiro atoms. The smallest absolute Gasteiger partial charge is 0.303 e. The SMILES string of the molecule is C/C=C/c1ccc2ccc([C@@H](C)NC(=O)[C@@H]3CCCN(C(=O)[C@H](C)NC(=O)[C@@H](OC(C)=O)C4CCC4)N3)nc2c1. The first-order chi connectivity index (χ1) is 19.2. The molecule has 3 N–H and O–H groups in total. The third-order valence-electron chi connectivity index (χ3n) is 7.53. The van der Waals surface area contributed by atoms with Crippen molar-refractivity contribution in [2.75, 3.05) is 6.54 Å². The number of esters is 1. The molecule has 214 valence electrons. The predicted molar refractivity (Wildman–Crippen MR) is 151 cm³/mol. The van der Waals surface area contributed by atoms with Crippen LogP contribution in [0, 0.1) is 5.92 Å². The third kappa shape index (κ3) is 7.04. The lowest BCUT2D eigenvalue weighted by Gasteiger charge is -2.36. The van der Waals surface area contributed by atoms with Crippen LogP contribution in [0.3, 0.4) is 0 Å². The van der Waals surface area contributed by atoms with Gasteiger partial charge >= 0.3 is 5.97 Å². The molecule has 0 unspecified atom stereocenters. The first kappa shape index (κ1) is 29.2. The highest BCUT2D eigenvalue weighted by Gasteiger charge is 2.37. The average Bonchev–Trinajstić information content (AvgIpc) is 2.90. The Hall–Kier alpha value is -3.79. The van der Waals surface area contributed by atoms with Gasteiger partial charge in [-0.05, 0) is 64.2 Å². The molecule has 1 aromatic heterocycles. The van der Waals surface area contributed by atoms with Crippen molar-refractivity contribution in [2.24, 2.45) is 5.92 Å². The number of hydrogen-bond donors (Lipinski definition) is 3. The Morgan fingerprint density at radius 1 is 1.07 bits per heavy atom. The zero-order valence-corrected chi connectivity index (χ0v) is 23.6. The molecule has 1 aliphatic heterocycles. The number of rotatable bonds is 9. The molecule has 0 bridgehead atoms. The van der Waals surface area contributed by atoms with E-state index >= 15 is 0 Å². The highest BCUT2D eigenvalue weighted by Crippen LogP contribution is 2.31. The molecule has 2 aliphatic rings. The number of carbonyl (C=O) groups excluding carboxylic acids is 4. The van der Waals surface area contributed by atoms with Crippen LogP contribution in [0.1, 0.15) is 77.1 Å². The van der Waals surface area contributed by atoms with Crippen LogP contribution in [0.15, 0.2) is 36.4 Å². The Morgan fingerprint density at radius 2 is 1.82 bits per heavy atom. The predicted octanol–water partition coefficient (Wildman–Crippen LogP) is 3.18. The summed E-state index contributed by atoms with van der Waals surface area (Å²) < 4.78 is 5.25. The molecule has 3 amide bonds. The van der Waals surface area contributed by atoms with Crippen LogP contribution in [0.4, 0.5) is 0 Å². The number of aromatic nitrogens is 1. The lowest BCUT2D eigenvalue weighted by Crippen LogP contribution is -2.61. The summed E-state index contributed by atoms with van der Waals surface area (Å²) in [4.78, 5) is 55.4. The molecule has 40 heavy (non-hydrogen) atoms. The lowest BCUT2D eigenvalue weighted by molar-refractivity contribution is -0.160. The van der Waals surface area contributed by atoms with Crippen LogP contribution in [0.25, 0.3) is 17.0 Å². The normalized spacial score (nSPS) is 19.9. The van der Waals surface area contributed by atoms with Gasteiger partial charge in [-0.1, -0.05) is 36.8 Å². The molecule has 1 saturated heterocycles. The standard InChI is InChI=1S/C30H39N5O5/c1-5-8-21-12-13-22-14-15-24(33-26(22)17-21)18(2)31-28(37)25-11-7-16-35(34-25)30(39)19(3)32-29(38)27(40-20(4)36)23-9-6-10-23/h5,8,12-15,17-19,23,25,27,34H,6-7,9-11,16H2,1-4H3,(H,31,37)(H,32,38)/b8-5+/t18-,19+,25+,27+/m1/s1. The maximum atomic E-state index is 13.1. The van der Waals surface area contributed by atoms with Crippen molar-refractivity contribution in [3.63, 3.8) is 0 Å². The molecule has 1 aromatic carbocycles. The van der Waals surface area contributed by atoms with Crippen molar-refractivity contribution in [3.8, 4) is 0 Å². The Labute approximate surface area is 234 Å². The molecule has 4 rings (SSSR count). The van der Waals surface area contributed by atoms with E-state index in [4.69, 9.17) is 9.72 Å². The Balaban J connectivity index is 1.34. The second kappa shape index (κ2) is 13.0. The summed E-state index contributed by atoms with van der Waals surface area (Å²) in [5.74, 6) is -1.61. The van der Waals surface area contributed by atoms with Crippen molar-refractivity contribution in [1.29, 1.82) is 0 Å². The van der Waals surface area contributed by atoms with Gasteiger partial charge < -0.3 is 15.4 Å². The van der Waals surface area contributed by atoms with Crippen LogP contribution in [-0.4, -0.2) is 58.4 Å². The number of hydrogen-bond acceptors (Lipinski definition) is 7. The lowest BCUT2D eigenvalue weighted by atomic mass is 9.80. The number of amides is 3. The maximum absolute atomic E-state index is 13.1. The van der Waals surface area contributed by atoms with E-state index in [1.807, 2.05) is 56.3 Å². The number of nitrogens with zero attached hydrogens (tertiary/aromatic N) is 2. The van der Waals surface area contributed by atoms with E-state index in [9.17, 15) is 19.2 Å². The monoisotopic (exact) mass is 549 g/mol. The van der Waals surface area contributed by atoms with E-state index < -0.39 is 30.1 Å². The number of nitrogens with one attached hydrogen (secondary N) is 3. The van der Waals surface area contributed by atoms with Crippen LogP contribution < -0.4 is 16.1 Å². The van der Waals surface area contributed by atoms with Gasteiger partial charge in [0.25, 0.3) is 11.8 Å². The van der Waals surface area contributed by atoms with Crippen molar-refractivity contribution in [1.82, 2.24) is 26.1 Å². The second-order valence-corrected chi connectivity index (χ2v) is 10.7. The van der Waals surface area contributed by atoms with Gasteiger partial charge in [0.15, 0.2) is 6.10 Å². The first-order valence-corrected chi connectivity index (χ1v) is 14.0. The summed E-state index contributed by atoms with van der Waals surface area (Å²) in [6.45, 7) is 7.12. The Morgan fingerprint density at radius 3 is 2.50 bits per heavy atom. The summed E-state index contributed by atoms with van der Waals surface area (Å²) in [7, 11) is 0. The summed E-state index contributed by atoms with van der Waals surface area (Å²) in [5.41, 5.74) is 5.68. The van der Waals surface area contributed by atoms with E-state index in [1.165, 1.54) is 11.9 Å². The number of benzene rings is 1. The fourth-order valence-corrected chi connectivity index (χ4v) is 5.09. The van der Waals surface area contributed by atoms with Crippen LogP contribution >= 0.6 is 0 Å². The number of fused-ring (bicyclic) bond motifs is 1. The molecule has 1 aliphatic carbocycles. The van der Waals surface area contributed by atoms with E-state index in [1.54, 1.807) is 6.92 Å². The summed E-state index contributed by atoms with van der Waals surface area (Å²) in [6, 6.07) is 8.18. The van der Waals surface area contributed by atoms with E-state index in [-0.39, 0.29) is 23.8 Å². The fourth-order valence-electron chi connectivity index (χ4n) is 5.09. The van der Waals surface area contributed by atoms with Gasteiger partial charge in [-0.25, -0.2) is 5.43 Å². The van der Waals surface area contributed by atoms with Crippen LogP contribution in [0.5, 0.6) is 0 Å². The zero-order chi connectivity index (χ0) is 28.8. The first-order valence-electron chi connectivity index (χ1n) is 14.0. The molecule has 0 radical (unpaired) electrons. The highest BCUT2D eigenvalue weighted by molar-refractivity contribution is 5.90. The van der Waals surface area contributed by atoms with Crippen LogP contribution in [-0.2, 0) is 23.9 Å². The molecule has 2 heterocycles. The fraction of sp³-hybridized carbons (Fsp3) is 0.500. The topological polar surface area (TPSA) is 130 Å². The molecule has 2 fully saturated rings. The molecular formula is C30H39N5O5. The largest absolute Gasteiger partial charge is 0.452 e. The number of pyridine rings is 1. The van der Waals surface area contributed by atoms with Crippen molar-refractivity contribution < 1.29 is 23.9 Å². The van der Waals surface area contributed by atoms with E-state index in [0.29, 0.717) is 19.4 Å². The van der Waals surface area contributed by atoms with Gasteiger partial charge in [0, 0.05) is 24.8 Å². The molecule has 10 heteroatoms. The van der Waals surface area contributed by atoms with E-state index in [0.717, 1.165) is 41.4 Å². The minimum absolute atomic E-state index is 0.0262. The quantitative estimate of drug-likeness (QED) is 0.410. The average molecular weight is 550 g/mol. The number of allylic oxidation sites excluding steroid dienone is 1. The number of ether oxygens (including phenoxy) is 1. The highest BCUT2D eigenvalue weighted by atomic mass is 16.5. The van der Waals surface area contributed by atoms with Crippen LogP contribution in [0.2, 0.25) is 0 Å². The Kier molecular flexibility index (Phi) is 9.52.